The van der Waals surface area contributed by atoms with Gasteiger partial charge >= 0.3 is 0 Å². The van der Waals surface area contributed by atoms with Crippen LogP contribution in [0.3, 0.4) is 0 Å². The number of rotatable bonds is 5. The first kappa shape index (κ1) is 14.1. The summed E-state index contributed by atoms with van der Waals surface area (Å²) in [5.41, 5.74) is 6.10. The van der Waals surface area contributed by atoms with Crippen molar-refractivity contribution in [2.24, 2.45) is 11.7 Å². The molecule has 5 nitrogen and oxygen atoms in total. The highest BCUT2D eigenvalue weighted by Gasteiger charge is 2.31. The Hall–Kier alpha value is -1.36. The highest BCUT2D eigenvalue weighted by molar-refractivity contribution is 5.76. The maximum absolute atomic E-state index is 12.2. The van der Waals surface area contributed by atoms with Gasteiger partial charge in [0.15, 0.2) is 0 Å². The molecule has 0 unspecified atom stereocenters. The number of nitrogens with two attached hydrogens (primary N) is 1. The lowest BCUT2D eigenvalue weighted by atomic mass is 9.99. The second-order valence-corrected chi connectivity index (χ2v) is 5.43. The SMILES string of the molecule is CCC[C@@H]1CN(C(=O)CCn2ccnc2C)C[C@H]1N. The quantitative estimate of drug-likeness (QED) is 0.868. The summed E-state index contributed by atoms with van der Waals surface area (Å²) in [4.78, 5) is 18.3. The van der Waals surface area contributed by atoms with E-state index >= 15 is 0 Å². The number of imidazole rings is 1. The fourth-order valence-corrected chi connectivity index (χ4v) is 2.79. The maximum atomic E-state index is 12.2. The predicted molar refractivity (Wildman–Crippen MR) is 74.5 cm³/mol. The van der Waals surface area contributed by atoms with Crippen molar-refractivity contribution in [2.45, 2.75) is 45.7 Å². The van der Waals surface area contributed by atoms with Crippen LogP contribution in [-0.2, 0) is 11.3 Å². The molecular formula is C14H24N4O. The van der Waals surface area contributed by atoms with Crippen LogP contribution in [-0.4, -0.2) is 39.5 Å². The molecule has 0 aliphatic carbocycles. The smallest absolute Gasteiger partial charge is 0.224 e. The van der Waals surface area contributed by atoms with Crippen LogP contribution in [0.15, 0.2) is 12.4 Å². The van der Waals surface area contributed by atoms with E-state index in [9.17, 15) is 4.79 Å². The number of aryl methyl sites for hydroxylation is 2. The number of carbonyl (C=O) groups is 1. The molecule has 2 atom stereocenters. The van der Waals surface area contributed by atoms with Gasteiger partial charge in [0, 0.05) is 44.5 Å². The Labute approximate surface area is 114 Å². The second kappa shape index (κ2) is 6.19. The first-order valence-electron chi connectivity index (χ1n) is 7.13. The number of hydrogen-bond acceptors (Lipinski definition) is 3. The summed E-state index contributed by atoms with van der Waals surface area (Å²) in [6.07, 6.45) is 6.46. The first-order valence-corrected chi connectivity index (χ1v) is 7.13. The van der Waals surface area contributed by atoms with Crippen LogP contribution in [0.4, 0.5) is 0 Å². The standard InChI is InChI=1S/C14H24N4O/c1-3-4-12-9-18(10-13(12)15)14(19)5-7-17-8-6-16-11(17)2/h6,8,12-13H,3-5,7,9-10,15H2,1-2H3/t12-,13-/m1/s1. The van der Waals surface area contributed by atoms with Crippen molar-refractivity contribution in [1.82, 2.24) is 14.5 Å². The number of carbonyl (C=O) groups excluding carboxylic acids is 1. The van der Waals surface area contributed by atoms with Gasteiger partial charge in [-0.15, -0.1) is 0 Å². The van der Waals surface area contributed by atoms with Crippen LogP contribution >= 0.6 is 0 Å². The summed E-state index contributed by atoms with van der Waals surface area (Å²) in [5, 5.41) is 0. The molecule has 1 saturated heterocycles. The summed E-state index contributed by atoms with van der Waals surface area (Å²) >= 11 is 0. The summed E-state index contributed by atoms with van der Waals surface area (Å²) in [7, 11) is 0. The van der Waals surface area contributed by atoms with Gasteiger partial charge in [-0.2, -0.15) is 0 Å². The number of aromatic nitrogens is 2. The number of nitrogens with zero attached hydrogens (tertiary/aromatic N) is 3. The molecule has 2 N–H and O–H groups in total. The zero-order valence-electron chi connectivity index (χ0n) is 11.9. The highest BCUT2D eigenvalue weighted by atomic mass is 16.2. The molecule has 0 saturated carbocycles. The monoisotopic (exact) mass is 264 g/mol. The molecule has 106 valence electrons. The molecule has 0 radical (unpaired) electrons. The van der Waals surface area contributed by atoms with Gasteiger partial charge in [-0.3, -0.25) is 4.79 Å². The summed E-state index contributed by atoms with van der Waals surface area (Å²) in [6.45, 7) is 6.37. The Morgan fingerprint density at radius 3 is 2.95 bits per heavy atom. The minimum atomic E-state index is 0.152. The Morgan fingerprint density at radius 2 is 2.32 bits per heavy atom. The van der Waals surface area contributed by atoms with E-state index < -0.39 is 0 Å². The molecule has 2 rings (SSSR count). The molecule has 1 fully saturated rings. The summed E-state index contributed by atoms with van der Waals surface area (Å²) < 4.78 is 2.01. The molecular weight excluding hydrogens is 240 g/mol. The number of likely N-dealkylation sites (tertiary alicyclic amines) is 1. The average Bonchev–Trinajstić information content (AvgIpc) is 2.94. The third-order valence-electron chi connectivity index (χ3n) is 3.99. The van der Waals surface area contributed by atoms with E-state index in [2.05, 4.69) is 11.9 Å². The van der Waals surface area contributed by atoms with Crippen molar-refractivity contribution in [3.63, 3.8) is 0 Å². The molecule has 19 heavy (non-hydrogen) atoms. The van der Waals surface area contributed by atoms with E-state index in [0.29, 0.717) is 25.4 Å². The van der Waals surface area contributed by atoms with Crippen molar-refractivity contribution >= 4 is 5.91 Å². The third kappa shape index (κ3) is 3.35. The van der Waals surface area contributed by atoms with Gasteiger partial charge in [-0.25, -0.2) is 4.98 Å². The van der Waals surface area contributed by atoms with Crippen molar-refractivity contribution in [1.29, 1.82) is 0 Å². The summed E-state index contributed by atoms with van der Waals surface area (Å²) in [5.74, 6) is 1.64. The van der Waals surface area contributed by atoms with Gasteiger partial charge in [0.1, 0.15) is 5.82 Å². The van der Waals surface area contributed by atoms with Crippen molar-refractivity contribution < 1.29 is 4.79 Å². The Morgan fingerprint density at radius 1 is 1.53 bits per heavy atom. The third-order valence-corrected chi connectivity index (χ3v) is 3.99. The van der Waals surface area contributed by atoms with Gasteiger partial charge in [0.2, 0.25) is 5.91 Å². The molecule has 2 heterocycles. The number of hydrogen-bond donors (Lipinski definition) is 1. The fraction of sp³-hybridized carbons (Fsp3) is 0.714. The topological polar surface area (TPSA) is 64.2 Å². The van der Waals surface area contributed by atoms with E-state index in [4.69, 9.17) is 5.73 Å². The Balaban J connectivity index is 1.83. The largest absolute Gasteiger partial charge is 0.341 e. The zero-order valence-corrected chi connectivity index (χ0v) is 11.9. The van der Waals surface area contributed by atoms with E-state index in [0.717, 1.165) is 25.2 Å². The lowest BCUT2D eigenvalue weighted by Crippen LogP contribution is -2.32. The van der Waals surface area contributed by atoms with Gasteiger partial charge < -0.3 is 15.2 Å². The van der Waals surface area contributed by atoms with Gasteiger partial charge in [0.25, 0.3) is 0 Å². The highest BCUT2D eigenvalue weighted by Crippen LogP contribution is 2.20. The van der Waals surface area contributed by atoms with Crippen LogP contribution in [0.5, 0.6) is 0 Å². The van der Waals surface area contributed by atoms with Crippen LogP contribution in [0, 0.1) is 12.8 Å². The van der Waals surface area contributed by atoms with E-state index in [1.54, 1.807) is 6.20 Å². The van der Waals surface area contributed by atoms with E-state index in [1.807, 2.05) is 22.6 Å². The lowest BCUT2D eigenvalue weighted by molar-refractivity contribution is -0.130. The van der Waals surface area contributed by atoms with Gasteiger partial charge in [0.05, 0.1) is 0 Å². The van der Waals surface area contributed by atoms with Gasteiger partial charge in [-0.05, 0) is 19.3 Å². The van der Waals surface area contributed by atoms with Crippen LogP contribution in [0.1, 0.15) is 32.0 Å². The number of amides is 1. The second-order valence-electron chi connectivity index (χ2n) is 5.43. The van der Waals surface area contributed by atoms with Crippen LogP contribution in [0.25, 0.3) is 0 Å². The Kier molecular flexibility index (Phi) is 4.58. The molecule has 1 aromatic heterocycles. The first-order chi connectivity index (χ1) is 9.11. The van der Waals surface area contributed by atoms with Crippen molar-refractivity contribution in [3.05, 3.63) is 18.2 Å². The minimum absolute atomic E-state index is 0.152. The molecule has 1 aliphatic rings. The summed E-state index contributed by atoms with van der Waals surface area (Å²) in [6, 6.07) is 0.152. The van der Waals surface area contributed by atoms with Gasteiger partial charge in [-0.1, -0.05) is 13.3 Å². The average molecular weight is 264 g/mol. The molecule has 0 aromatic carbocycles. The van der Waals surface area contributed by atoms with E-state index in [-0.39, 0.29) is 11.9 Å². The molecule has 0 bridgehead atoms. The van der Waals surface area contributed by atoms with Crippen LogP contribution < -0.4 is 5.73 Å². The van der Waals surface area contributed by atoms with Crippen LogP contribution in [0.2, 0.25) is 0 Å². The molecule has 1 aromatic rings. The predicted octanol–water partition coefficient (Wildman–Crippen LogP) is 1.17. The normalized spacial score (nSPS) is 23.0. The van der Waals surface area contributed by atoms with Crippen molar-refractivity contribution in [2.75, 3.05) is 13.1 Å². The molecule has 1 aliphatic heterocycles. The van der Waals surface area contributed by atoms with Crippen molar-refractivity contribution in [3.8, 4) is 0 Å². The Bertz CT molecular complexity index is 429. The maximum Gasteiger partial charge on any atom is 0.224 e. The molecule has 0 spiro atoms. The van der Waals surface area contributed by atoms with E-state index in [1.165, 1.54) is 0 Å². The fourth-order valence-electron chi connectivity index (χ4n) is 2.79. The molecule has 5 heteroatoms. The zero-order chi connectivity index (χ0) is 13.8. The lowest BCUT2D eigenvalue weighted by Gasteiger charge is -2.16. The minimum Gasteiger partial charge on any atom is -0.341 e. The molecule has 1 amide bonds.